The lowest BCUT2D eigenvalue weighted by Gasteiger charge is -2.34. The van der Waals surface area contributed by atoms with Gasteiger partial charge in [0.1, 0.15) is 5.82 Å². The third-order valence-electron chi connectivity index (χ3n) is 4.47. The maximum Gasteiger partial charge on any atom is 0.146 e. The molecule has 0 aliphatic carbocycles. The Bertz CT molecular complexity index is 433. The van der Waals surface area contributed by atoms with E-state index in [4.69, 9.17) is 5.73 Å². The number of nitrogens with two attached hydrogens (primary N) is 1. The van der Waals surface area contributed by atoms with Crippen LogP contribution >= 0.6 is 0 Å². The summed E-state index contributed by atoms with van der Waals surface area (Å²) in [5, 5.41) is 0. The summed E-state index contributed by atoms with van der Waals surface area (Å²) in [5.74, 6) is 0.610. The Labute approximate surface area is 122 Å². The minimum Gasteiger partial charge on any atom is -0.369 e. The van der Waals surface area contributed by atoms with Gasteiger partial charge in [-0.2, -0.15) is 0 Å². The molecule has 1 aliphatic heterocycles. The first-order valence-electron chi connectivity index (χ1n) is 7.93. The molecule has 2 N–H and O–H groups in total. The maximum atomic E-state index is 14.3. The van der Waals surface area contributed by atoms with Crippen molar-refractivity contribution in [2.45, 2.75) is 52.0 Å². The quantitative estimate of drug-likeness (QED) is 0.889. The summed E-state index contributed by atoms with van der Waals surface area (Å²) in [6, 6.07) is 5.76. The van der Waals surface area contributed by atoms with Crippen molar-refractivity contribution in [3.8, 4) is 0 Å². The summed E-state index contributed by atoms with van der Waals surface area (Å²) in [4.78, 5) is 2.20. The van der Waals surface area contributed by atoms with E-state index in [0.29, 0.717) is 5.92 Å². The Hall–Kier alpha value is -1.09. The van der Waals surface area contributed by atoms with Crippen molar-refractivity contribution in [1.29, 1.82) is 0 Å². The van der Waals surface area contributed by atoms with E-state index in [1.165, 1.54) is 19.3 Å². The van der Waals surface area contributed by atoms with Crippen molar-refractivity contribution in [1.82, 2.24) is 0 Å². The number of piperidine rings is 1. The minimum absolute atomic E-state index is 0.0949. The second kappa shape index (κ2) is 7.07. The number of anilines is 1. The van der Waals surface area contributed by atoms with Gasteiger partial charge in [0.05, 0.1) is 5.69 Å². The van der Waals surface area contributed by atoms with Crippen molar-refractivity contribution in [2.24, 2.45) is 11.7 Å². The fourth-order valence-corrected chi connectivity index (χ4v) is 3.00. The van der Waals surface area contributed by atoms with Gasteiger partial charge in [-0.3, -0.25) is 0 Å². The Balaban J connectivity index is 2.09. The van der Waals surface area contributed by atoms with Gasteiger partial charge >= 0.3 is 0 Å². The van der Waals surface area contributed by atoms with Crippen molar-refractivity contribution in [3.05, 3.63) is 29.6 Å². The molecule has 1 fully saturated rings. The van der Waals surface area contributed by atoms with Crippen LogP contribution in [0.15, 0.2) is 18.2 Å². The first-order valence-corrected chi connectivity index (χ1v) is 7.93. The average Bonchev–Trinajstić information content (AvgIpc) is 2.47. The highest BCUT2D eigenvalue weighted by Crippen LogP contribution is 2.27. The summed E-state index contributed by atoms with van der Waals surface area (Å²) in [6.45, 7) is 6.25. The molecule has 0 amide bonds. The van der Waals surface area contributed by atoms with Gasteiger partial charge < -0.3 is 10.6 Å². The first kappa shape index (κ1) is 15.3. The highest BCUT2D eigenvalue weighted by Gasteiger charge is 2.21. The first-order chi connectivity index (χ1) is 9.63. The largest absolute Gasteiger partial charge is 0.369 e. The van der Waals surface area contributed by atoms with Crippen LogP contribution < -0.4 is 10.6 Å². The Morgan fingerprint density at radius 2 is 2.20 bits per heavy atom. The number of hydrogen-bond acceptors (Lipinski definition) is 2. The molecule has 0 spiro atoms. The van der Waals surface area contributed by atoms with E-state index in [1.807, 2.05) is 12.1 Å². The molecule has 1 heterocycles. The highest BCUT2D eigenvalue weighted by molar-refractivity contribution is 5.49. The normalized spacial score (nSPS) is 21.0. The molecular formula is C17H27FN2. The van der Waals surface area contributed by atoms with E-state index in [1.54, 1.807) is 6.07 Å². The van der Waals surface area contributed by atoms with Crippen molar-refractivity contribution < 1.29 is 4.39 Å². The predicted molar refractivity (Wildman–Crippen MR) is 83.6 cm³/mol. The lowest BCUT2D eigenvalue weighted by atomic mass is 9.95. The SMILES string of the molecule is CCC(N)Cc1ccc(N2CCCC(CC)C2)c(F)c1. The van der Waals surface area contributed by atoms with Crippen LogP contribution in [0.4, 0.5) is 10.1 Å². The van der Waals surface area contributed by atoms with Crippen molar-refractivity contribution in [2.75, 3.05) is 18.0 Å². The standard InChI is InChI=1S/C17H27FN2/c1-3-13-6-5-9-20(12-13)17-8-7-14(11-16(17)18)10-15(19)4-2/h7-8,11,13,15H,3-6,9-10,12,19H2,1-2H3. The van der Waals surface area contributed by atoms with Gasteiger partial charge in [0, 0.05) is 19.1 Å². The monoisotopic (exact) mass is 278 g/mol. The van der Waals surface area contributed by atoms with E-state index < -0.39 is 0 Å². The Kier molecular flexibility index (Phi) is 5.41. The van der Waals surface area contributed by atoms with Crippen LogP contribution in [-0.4, -0.2) is 19.1 Å². The molecule has 2 rings (SSSR count). The highest BCUT2D eigenvalue weighted by atomic mass is 19.1. The molecule has 0 saturated carbocycles. The molecule has 2 nitrogen and oxygen atoms in total. The molecule has 1 aromatic rings. The summed E-state index contributed by atoms with van der Waals surface area (Å²) in [5.41, 5.74) is 7.70. The van der Waals surface area contributed by atoms with Crippen LogP contribution in [0.3, 0.4) is 0 Å². The molecular weight excluding hydrogens is 251 g/mol. The zero-order valence-electron chi connectivity index (χ0n) is 12.7. The predicted octanol–water partition coefficient (Wildman–Crippen LogP) is 3.73. The van der Waals surface area contributed by atoms with Crippen LogP contribution in [0.2, 0.25) is 0 Å². The van der Waals surface area contributed by atoms with E-state index in [-0.39, 0.29) is 11.9 Å². The van der Waals surface area contributed by atoms with E-state index >= 15 is 0 Å². The van der Waals surface area contributed by atoms with E-state index in [2.05, 4.69) is 18.7 Å². The smallest absolute Gasteiger partial charge is 0.146 e. The minimum atomic E-state index is -0.0949. The van der Waals surface area contributed by atoms with Gasteiger partial charge in [0.15, 0.2) is 0 Å². The molecule has 112 valence electrons. The van der Waals surface area contributed by atoms with E-state index in [0.717, 1.165) is 37.2 Å². The zero-order chi connectivity index (χ0) is 14.5. The average molecular weight is 278 g/mol. The van der Waals surface area contributed by atoms with Gasteiger partial charge in [-0.25, -0.2) is 4.39 Å². The molecule has 2 unspecified atom stereocenters. The lowest BCUT2D eigenvalue weighted by Crippen LogP contribution is -2.35. The number of hydrogen-bond donors (Lipinski definition) is 1. The van der Waals surface area contributed by atoms with Gasteiger partial charge in [0.25, 0.3) is 0 Å². The Morgan fingerprint density at radius 1 is 1.40 bits per heavy atom. The lowest BCUT2D eigenvalue weighted by molar-refractivity contribution is 0.401. The van der Waals surface area contributed by atoms with Gasteiger partial charge in [-0.15, -0.1) is 0 Å². The number of rotatable bonds is 5. The maximum absolute atomic E-state index is 14.3. The third kappa shape index (κ3) is 3.72. The van der Waals surface area contributed by atoms with Crippen LogP contribution in [0.5, 0.6) is 0 Å². The topological polar surface area (TPSA) is 29.3 Å². The van der Waals surface area contributed by atoms with Gasteiger partial charge in [0.2, 0.25) is 0 Å². The number of benzene rings is 1. The second-order valence-electron chi connectivity index (χ2n) is 6.02. The van der Waals surface area contributed by atoms with Crippen molar-refractivity contribution in [3.63, 3.8) is 0 Å². The zero-order valence-corrected chi connectivity index (χ0v) is 12.7. The van der Waals surface area contributed by atoms with Gasteiger partial charge in [-0.1, -0.05) is 26.3 Å². The van der Waals surface area contributed by atoms with Crippen molar-refractivity contribution >= 4 is 5.69 Å². The van der Waals surface area contributed by atoms with Crippen LogP contribution in [-0.2, 0) is 6.42 Å². The molecule has 0 aromatic heterocycles. The summed E-state index contributed by atoms with van der Waals surface area (Å²) in [6.07, 6.45) is 5.30. The number of halogens is 1. The summed E-state index contributed by atoms with van der Waals surface area (Å²) < 4.78 is 14.3. The van der Waals surface area contributed by atoms with Crippen LogP contribution in [0.25, 0.3) is 0 Å². The van der Waals surface area contributed by atoms with E-state index in [9.17, 15) is 4.39 Å². The number of nitrogens with zero attached hydrogens (tertiary/aromatic N) is 1. The van der Waals surface area contributed by atoms with Crippen LogP contribution in [0, 0.1) is 11.7 Å². The molecule has 2 atom stereocenters. The molecule has 1 aliphatic rings. The molecule has 0 bridgehead atoms. The van der Waals surface area contributed by atoms with Gasteiger partial charge in [-0.05, 0) is 49.3 Å². The second-order valence-corrected chi connectivity index (χ2v) is 6.02. The van der Waals surface area contributed by atoms with Crippen LogP contribution in [0.1, 0.15) is 45.1 Å². The fraction of sp³-hybridized carbons (Fsp3) is 0.647. The molecule has 1 saturated heterocycles. The Morgan fingerprint density at radius 3 is 2.85 bits per heavy atom. The molecule has 0 radical (unpaired) electrons. The fourth-order valence-electron chi connectivity index (χ4n) is 3.00. The summed E-state index contributed by atoms with van der Waals surface area (Å²) >= 11 is 0. The molecule has 3 heteroatoms. The molecule has 20 heavy (non-hydrogen) atoms. The summed E-state index contributed by atoms with van der Waals surface area (Å²) in [7, 11) is 0. The molecule has 1 aromatic carbocycles. The third-order valence-corrected chi connectivity index (χ3v) is 4.47.